The lowest BCUT2D eigenvalue weighted by Crippen LogP contribution is -2.46. The number of aliphatic hydroxyl groups excluding tert-OH is 2. The minimum Gasteiger partial charge on any atom is -0.390 e. The second kappa shape index (κ2) is 6.62. The molecule has 1 aromatic carbocycles. The lowest BCUT2D eigenvalue weighted by atomic mass is 9.58. The number of hydrogen-bond acceptors (Lipinski definition) is 8. The van der Waals surface area contributed by atoms with E-state index >= 15 is 0 Å². The van der Waals surface area contributed by atoms with E-state index in [4.69, 9.17) is 11.5 Å². The van der Waals surface area contributed by atoms with E-state index in [1.165, 1.54) is 23.2 Å². The number of anilines is 2. The average molecular weight is 437 g/mol. The first-order chi connectivity index (χ1) is 14.9. The summed E-state index contributed by atoms with van der Waals surface area (Å²) in [6, 6.07) is 7.99. The van der Waals surface area contributed by atoms with Crippen LogP contribution in [0, 0.1) is 11.3 Å². The molecule has 3 aromatic heterocycles. The van der Waals surface area contributed by atoms with Gasteiger partial charge in [0.2, 0.25) is 0 Å². The molecule has 1 spiro atoms. The van der Waals surface area contributed by atoms with Crippen LogP contribution in [-0.2, 0) is 6.42 Å². The molecule has 3 atom stereocenters. The zero-order chi connectivity index (χ0) is 21.3. The van der Waals surface area contributed by atoms with Crippen LogP contribution in [0.4, 0.5) is 10.9 Å². The highest BCUT2D eigenvalue weighted by Gasteiger charge is 2.59. The number of nitrogens with two attached hydrogens (primary N) is 2. The van der Waals surface area contributed by atoms with Gasteiger partial charge in [-0.15, -0.1) is 0 Å². The van der Waals surface area contributed by atoms with Gasteiger partial charge in [0.05, 0.1) is 27.7 Å². The standard InChI is InChI=1S/C22H24N6O2S/c23-19-13-3-4-28(20(13)26-10-25-19)15-9-22(18(30)17(15)29)7-12(8-22)5-11-1-2-16-14(6-11)27-21(24)31-16/h1-4,6,10,12,15,17-18,29-30H,5,7-9H2,(H2,24,27)(H2,23,25,26)/t12?,15-,17+,18+,22?/m1/s1. The predicted molar refractivity (Wildman–Crippen MR) is 121 cm³/mol. The number of aromatic nitrogens is 4. The Bertz CT molecular complexity index is 1290. The van der Waals surface area contributed by atoms with Crippen LogP contribution in [0.25, 0.3) is 21.3 Å². The van der Waals surface area contributed by atoms with Crippen LogP contribution < -0.4 is 11.5 Å². The molecule has 0 aliphatic heterocycles. The minimum absolute atomic E-state index is 0.225. The van der Waals surface area contributed by atoms with Gasteiger partial charge in [-0.1, -0.05) is 17.4 Å². The molecule has 9 heteroatoms. The van der Waals surface area contributed by atoms with E-state index in [0.717, 1.165) is 41.3 Å². The summed E-state index contributed by atoms with van der Waals surface area (Å²) in [5, 5.41) is 23.2. The Kier molecular flexibility index (Phi) is 4.05. The lowest BCUT2D eigenvalue weighted by Gasteiger charge is -2.48. The number of benzene rings is 1. The van der Waals surface area contributed by atoms with Crippen molar-refractivity contribution in [2.24, 2.45) is 11.3 Å². The number of fused-ring (bicyclic) bond motifs is 2. The summed E-state index contributed by atoms with van der Waals surface area (Å²) in [6.45, 7) is 0. The highest BCUT2D eigenvalue weighted by atomic mass is 32.1. The summed E-state index contributed by atoms with van der Waals surface area (Å²) < 4.78 is 3.05. The third kappa shape index (κ3) is 2.84. The third-order valence-electron chi connectivity index (χ3n) is 7.24. The Hall–Kier alpha value is -2.75. The van der Waals surface area contributed by atoms with Gasteiger partial charge in [-0.25, -0.2) is 15.0 Å². The SMILES string of the molecule is Nc1nc2cc(CC3CC4(C3)C[C@@H](n3ccc5c(N)ncnc53)[C@H](O)[C@@H]4O)ccc2s1. The maximum atomic E-state index is 10.9. The molecule has 2 fully saturated rings. The van der Waals surface area contributed by atoms with E-state index in [9.17, 15) is 10.2 Å². The number of nitrogen functional groups attached to an aromatic ring is 2. The lowest BCUT2D eigenvalue weighted by molar-refractivity contribution is -0.0841. The number of aliphatic hydroxyl groups is 2. The summed E-state index contributed by atoms with van der Waals surface area (Å²) in [7, 11) is 0. The Morgan fingerprint density at radius 2 is 1.97 bits per heavy atom. The fraction of sp³-hybridized carbons (Fsp3) is 0.409. The number of rotatable bonds is 3. The van der Waals surface area contributed by atoms with Crippen molar-refractivity contribution in [2.75, 3.05) is 11.5 Å². The van der Waals surface area contributed by atoms with Crippen LogP contribution in [0.1, 0.15) is 30.9 Å². The highest BCUT2D eigenvalue weighted by molar-refractivity contribution is 7.22. The summed E-state index contributed by atoms with van der Waals surface area (Å²) in [6.07, 6.45) is 5.21. The second-order valence-electron chi connectivity index (χ2n) is 9.12. The summed E-state index contributed by atoms with van der Waals surface area (Å²) in [4.78, 5) is 12.8. The highest BCUT2D eigenvalue weighted by Crippen LogP contribution is 2.60. The largest absolute Gasteiger partial charge is 0.390 e. The molecule has 8 nitrogen and oxygen atoms in total. The zero-order valence-electron chi connectivity index (χ0n) is 16.8. The van der Waals surface area contributed by atoms with E-state index in [-0.39, 0.29) is 11.5 Å². The van der Waals surface area contributed by atoms with Gasteiger partial charge >= 0.3 is 0 Å². The van der Waals surface area contributed by atoms with Crippen molar-refractivity contribution >= 4 is 43.5 Å². The first kappa shape index (κ1) is 19.0. The van der Waals surface area contributed by atoms with E-state index in [0.29, 0.717) is 22.5 Å². The molecule has 0 radical (unpaired) electrons. The number of nitrogens with zero attached hydrogens (tertiary/aromatic N) is 4. The smallest absolute Gasteiger partial charge is 0.181 e. The van der Waals surface area contributed by atoms with E-state index < -0.39 is 12.2 Å². The molecule has 6 N–H and O–H groups in total. The van der Waals surface area contributed by atoms with Crippen molar-refractivity contribution in [3.8, 4) is 0 Å². The quantitative estimate of drug-likeness (QED) is 0.387. The number of hydrogen-bond donors (Lipinski definition) is 4. The molecule has 0 saturated heterocycles. The number of thiazole rings is 1. The van der Waals surface area contributed by atoms with Crippen molar-refractivity contribution < 1.29 is 10.2 Å². The van der Waals surface area contributed by atoms with Crippen molar-refractivity contribution in [3.05, 3.63) is 42.4 Å². The van der Waals surface area contributed by atoms with Crippen molar-refractivity contribution in [2.45, 2.75) is 43.9 Å². The van der Waals surface area contributed by atoms with Crippen LogP contribution in [0.5, 0.6) is 0 Å². The second-order valence-corrected chi connectivity index (χ2v) is 10.2. The Morgan fingerprint density at radius 1 is 1.13 bits per heavy atom. The molecule has 0 bridgehead atoms. The van der Waals surface area contributed by atoms with Gasteiger partial charge in [-0.2, -0.15) is 0 Å². The van der Waals surface area contributed by atoms with E-state index in [2.05, 4.69) is 33.2 Å². The topological polar surface area (TPSA) is 136 Å². The average Bonchev–Trinajstić information content (AvgIpc) is 3.37. The monoisotopic (exact) mass is 436 g/mol. The van der Waals surface area contributed by atoms with Crippen molar-refractivity contribution in [1.29, 1.82) is 0 Å². The van der Waals surface area contributed by atoms with Gasteiger partial charge in [0.1, 0.15) is 23.9 Å². The van der Waals surface area contributed by atoms with Gasteiger partial charge in [-0.05, 0) is 55.4 Å². The minimum atomic E-state index is -0.831. The summed E-state index contributed by atoms with van der Waals surface area (Å²) in [5.74, 6) is 0.905. The predicted octanol–water partition coefficient (Wildman–Crippen LogP) is 2.51. The third-order valence-corrected chi connectivity index (χ3v) is 8.11. The van der Waals surface area contributed by atoms with Gasteiger partial charge in [0.15, 0.2) is 5.13 Å². The Morgan fingerprint density at radius 3 is 2.81 bits per heavy atom. The first-order valence-corrected chi connectivity index (χ1v) is 11.3. The van der Waals surface area contributed by atoms with Crippen molar-refractivity contribution in [1.82, 2.24) is 19.5 Å². The van der Waals surface area contributed by atoms with Gasteiger partial charge in [0, 0.05) is 11.6 Å². The zero-order valence-corrected chi connectivity index (χ0v) is 17.7. The van der Waals surface area contributed by atoms with E-state index in [1.54, 1.807) is 0 Å². The molecule has 2 aliphatic rings. The van der Waals surface area contributed by atoms with Crippen LogP contribution in [0.15, 0.2) is 36.8 Å². The molecule has 0 unspecified atom stereocenters. The fourth-order valence-corrected chi connectivity index (χ4v) is 6.56. The van der Waals surface area contributed by atoms with Crippen LogP contribution in [0.3, 0.4) is 0 Å². The molecular weight excluding hydrogens is 412 g/mol. The van der Waals surface area contributed by atoms with Crippen LogP contribution in [0.2, 0.25) is 0 Å². The molecule has 2 aliphatic carbocycles. The molecule has 4 aromatic rings. The molecular formula is C22H24N6O2S. The molecule has 2 saturated carbocycles. The van der Waals surface area contributed by atoms with Crippen molar-refractivity contribution in [3.63, 3.8) is 0 Å². The maximum Gasteiger partial charge on any atom is 0.181 e. The Labute approximate surface area is 182 Å². The molecule has 0 amide bonds. The normalized spacial score (nSPS) is 30.4. The summed E-state index contributed by atoms with van der Waals surface area (Å²) in [5.41, 5.74) is 14.4. The Balaban J connectivity index is 1.20. The first-order valence-electron chi connectivity index (χ1n) is 10.5. The fourth-order valence-electron chi connectivity index (χ4n) is 5.85. The molecule has 6 rings (SSSR count). The molecule has 3 heterocycles. The maximum absolute atomic E-state index is 10.9. The molecule has 160 valence electrons. The molecule has 31 heavy (non-hydrogen) atoms. The van der Waals surface area contributed by atoms with Crippen LogP contribution in [-0.4, -0.2) is 41.9 Å². The van der Waals surface area contributed by atoms with Gasteiger partial charge < -0.3 is 26.2 Å². The van der Waals surface area contributed by atoms with Gasteiger partial charge in [0.25, 0.3) is 0 Å². The summed E-state index contributed by atoms with van der Waals surface area (Å²) >= 11 is 1.50. The van der Waals surface area contributed by atoms with Crippen LogP contribution >= 0.6 is 11.3 Å². The van der Waals surface area contributed by atoms with E-state index in [1.807, 2.05) is 16.8 Å². The van der Waals surface area contributed by atoms with Gasteiger partial charge in [-0.3, -0.25) is 0 Å².